The molecule has 2 amide bonds. The molecule has 4 rings (SSSR count). The Labute approximate surface area is 293 Å². The summed E-state index contributed by atoms with van der Waals surface area (Å²) in [5, 5.41) is 3.38. The van der Waals surface area contributed by atoms with Crippen molar-refractivity contribution < 1.29 is 32.2 Å². The second-order valence-corrected chi connectivity index (χ2v) is 14.0. The molecule has 0 aliphatic carbocycles. The largest absolute Gasteiger partial charge is 0.497 e. The minimum atomic E-state index is -4.38. The van der Waals surface area contributed by atoms with E-state index in [2.05, 4.69) is 5.32 Å². The Morgan fingerprint density at radius 2 is 1.47 bits per heavy atom. The summed E-state index contributed by atoms with van der Waals surface area (Å²) >= 11 is 6.17. The van der Waals surface area contributed by atoms with Crippen LogP contribution in [-0.4, -0.2) is 65.6 Å². The van der Waals surface area contributed by atoms with Gasteiger partial charge in [0.25, 0.3) is 10.0 Å². The van der Waals surface area contributed by atoms with Crippen LogP contribution in [0.5, 0.6) is 17.2 Å². The maximum atomic E-state index is 14.7. The van der Waals surface area contributed by atoms with Crippen molar-refractivity contribution in [1.82, 2.24) is 10.2 Å². The molecule has 0 radical (unpaired) electrons. The van der Waals surface area contributed by atoms with E-state index in [1.807, 2.05) is 50.2 Å². The molecule has 4 aromatic rings. The van der Waals surface area contributed by atoms with E-state index in [9.17, 15) is 18.0 Å². The number of nitrogens with one attached hydrogen (secondary N) is 1. The Morgan fingerprint density at radius 1 is 0.796 bits per heavy atom. The van der Waals surface area contributed by atoms with Crippen LogP contribution in [0.25, 0.3) is 0 Å². The average molecular weight is 708 g/mol. The molecule has 0 saturated heterocycles. The highest BCUT2D eigenvalue weighted by molar-refractivity contribution is 7.92. The van der Waals surface area contributed by atoms with Crippen molar-refractivity contribution in [2.75, 3.05) is 38.7 Å². The van der Waals surface area contributed by atoms with Crippen LogP contribution in [0.1, 0.15) is 25.0 Å². The van der Waals surface area contributed by atoms with E-state index < -0.39 is 28.5 Å². The van der Waals surface area contributed by atoms with Crippen molar-refractivity contribution in [2.45, 2.75) is 37.8 Å². The predicted molar refractivity (Wildman–Crippen MR) is 191 cm³/mol. The summed E-state index contributed by atoms with van der Waals surface area (Å²) in [5.74, 6) is 0.340. The number of methoxy groups -OCH3 is 3. The molecule has 12 heteroatoms. The van der Waals surface area contributed by atoms with Gasteiger partial charge in [0.2, 0.25) is 11.8 Å². The standard InChI is InChI=1S/C37H42ClN3O7S/c1-26(2)23-39-37(43)33(21-27-10-7-6-8-11-27)40(24-28-12-9-13-31(20-28)46-3)36(42)25-41(30-16-14-29(38)15-17-30)49(44,45)32-18-19-34(47-4)35(22-32)48-5/h6-20,22,26,33H,21,23-25H2,1-5H3,(H,39,43)/t33-/m0/s1. The van der Waals surface area contributed by atoms with Crippen molar-refractivity contribution in [2.24, 2.45) is 5.92 Å². The lowest BCUT2D eigenvalue weighted by atomic mass is 10.0. The molecule has 0 aliphatic rings. The minimum absolute atomic E-state index is 0.00744. The summed E-state index contributed by atoms with van der Waals surface area (Å²) in [5.41, 5.74) is 1.74. The third-order valence-electron chi connectivity index (χ3n) is 7.78. The smallest absolute Gasteiger partial charge is 0.264 e. The van der Waals surface area contributed by atoms with Crippen LogP contribution in [0.2, 0.25) is 5.02 Å². The van der Waals surface area contributed by atoms with Crippen LogP contribution in [0, 0.1) is 5.92 Å². The third-order valence-corrected chi connectivity index (χ3v) is 9.80. The summed E-state index contributed by atoms with van der Waals surface area (Å²) in [6, 6.07) is 25.9. The molecule has 49 heavy (non-hydrogen) atoms. The van der Waals surface area contributed by atoms with Crippen molar-refractivity contribution in [1.29, 1.82) is 0 Å². The third kappa shape index (κ3) is 9.67. The number of ether oxygens (including phenoxy) is 3. The number of amides is 2. The van der Waals surface area contributed by atoms with E-state index in [-0.39, 0.29) is 41.1 Å². The van der Waals surface area contributed by atoms with Gasteiger partial charge in [0.1, 0.15) is 18.3 Å². The van der Waals surface area contributed by atoms with Crippen LogP contribution in [0.4, 0.5) is 5.69 Å². The molecule has 1 N–H and O–H groups in total. The van der Waals surface area contributed by atoms with Crippen LogP contribution < -0.4 is 23.8 Å². The number of sulfonamides is 1. The fourth-order valence-electron chi connectivity index (χ4n) is 5.18. The molecule has 260 valence electrons. The van der Waals surface area contributed by atoms with Crippen LogP contribution in [-0.2, 0) is 32.6 Å². The SMILES string of the molecule is COc1cccc(CN(C(=O)CN(c2ccc(Cl)cc2)S(=O)(=O)c2ccc(OC)c(OC)c2)[C@@H](Cc2ccccc2)C(=O)NCC(C)C)c1. The number of anilines is 1. The van der Waals surface area contributed by atoms with E-state index in [1.165, 1.54) is 49.5 Å². The predicted octanol–water partition coefficient (Wildman–Crippen LogP) is 5.97. The van der Waals surface area contributed by atoms with Crippen LogP contribution in [0.15, 0.2) is 102 Å². The van der Waals surface area contributed by atoms with Gasteiger partial charge in [-0.3, -0.25) is 13.9 Å². The van der Waals surface area contributed by atoms with Gasteiger partial charge >= 0.3 is 0 Å². The lowest BCUT2D eigenvalue weighted by Gasteiger charge is -2.34. The Balaban J connectivity index is 1.83. The average Bonchev–Trinajstić information content (AvgIpc) is 3.11. The maximum Gasteiger partial charge on any atom is 0.264 e. The van der Waals surface area contributed by atoms with E-state index >= 15 is 0 Å². The summed E-state index contributed by atoms with van der Waals surface area (Å²) in [7, 11) is 0.0223. The van der Waals surface area contributed by atoms with Gasteiger partial charge in [-0.25, -0.2) is 8.42 Å². The van der Waals surface area contributed by atoms with Gasteiger partial charge in [-0.2, -0.15) is 0 Å². The molecule has 1 atom stereocenters. The van der Waals surface area contributed by atoms with Gasteiger partial charge in [0, 0.05) is 30.6 Å². The second kappa shape index (κ2) is 17.1. The van der Waals surface area contributed by atoms with E-state index in [1.54, 1.807) is 37.4 Å². The Hall–Kier alpha value is -4.74. The molecule has 10 nitrogen and oxygen atoms in total. The lowest BCUT2D eigenvalue weighted by molar-refractivity contribution is -0.140. The van der Waals surface area contributed by atoms with Gasteiger partial charge in [0.05, 0.1) is 31.9 Å². The van der Waals surface area contributed by atoms with Crippen molar-refractivity contribution in [3.8, 4) is 17.2 Å². The Kier molecular flexibility index (Phi) is 12.9. The molecule has 0 unspecified atom stereocenters. The van der Waals surface area contributed by atoms with Gasteiger partial charge in [-0.1, -0.05) is 67.9 Å². The molecule has 0 aromatic heterocycles. The Bertz CT molecular complexity index is 1820. The molecule has 0 saturated carbocycles. The van der Waals surface area contributed by atoms with E-state index in [0.717, 1.165) is 9.87 Å². The molecule has 0 spiro atoms. The highest BCUT2D eigenvalue weighted by atomic mass is 35.5. The molecule has 0 heterocycles. The number of carbonyl (C=O) groups excluding carboxylic acids is 2. The second-order valence-electron chi connectivity index (χ2n) is 11.7. The summed E-state index contributed by atoms with van der Waals surface area (Å²) in [6.07, 6.45) is 0.198. The molecular weight excluding hydrogens is 666 g/mol. The van der Waals surface area contributed by atoms with E-state index in [0.29, 0.717) is 28.6 Å². The fraction of sp³-hybridized carbons (Fsp3) is 0.297. The molecular formula is C37H42ClN3O7S. The molecule has 0 fully saturated rings. The zero-order valence-corrected chi connectivity index (χ0v) is 29.8. The number of carbonyl (C=O) groups is 2. The van der Waals surface area contributed by atoms with Crippen LogP contribution >= 0.6 is 11.6 Å². The van der Waals surface area contributed by atoms with Gasteiger partial charge in [-0.05, 0) is 65.6 Å². The topological polar surface area (TPSA) is 114 Å². The minimum Gasteiger partial charge on any atom is -0.497 e. The van der Waals surface area contributed by atoms with E-state index in [4.69, 9.17) is 25.8 Å². The summed E-state index contributed by atoms with van der Waals surface area (Å²) < 4.78 is 45.9. The van der Waals surface area contributed by atoms with Gasteiger partial charge in [0.15, 0.2) is 11.5 Å². The number of hydrogen-bond acceptors (Lipinski definition) is 7. The highest BCUT2D eigenvalue weighted by Crippen LogP contribution is 2.33. The summed E-state index contributed by atoms with van der Waals surface area (Å²) in [4.78, 5) is 29.9. The van der Waals surface area contributed by atoms with Gasteiger partial charge in [-0.15, -0.1) is 0 Å². The lowest BCUT2D eigenvalue weighted by Crippen LogP contribution is -2.53. The first kappa shape index (κ1) is 37.1. The maximum absolute atomic E-state index is 14.7. The quantitative estimate of drug-likeness (QED) is 0.153. The number of benzene rings is 4. The normalized spacial score (nSPS) is 11.8. The van der Waals surface area contributed by atoms with Crippen LogP contribution in [0.3, 0.4) is 0 Å². The number of halogens is 1. The number of hydrogen-bond donors (Lipinski definition) is 1. The fourth-order valence-corrected chi connectivity index (χ4v) is 6.74. The first-order valence-electron chi connectivity index (χ1n) is 15.7. The summed E-state index contributed by atoms with van der Waals surface area (Å²) in [6.45, 7) is 3.75. The van der Waals surface area contributed by atoms with Crippen molar-refractivity contribution in [3.63, 3.8) is 0 Å². The van der Waals surface area contributed by atoms with Crippen molar-refractivity contribution in [3.05, 3.63) is 113 Å². The first-order chi connectivity index (χ1) is 23.5. The first-order valence-corrected chi connectivity index (χ1v) is 17.5. The zero-order chi connectivity index (χ0) is 35.6. The van der Waals surface area contributed by atoms with Crippen molar-refractivity contribution >= 4 is 39.1 Å². The highest BCUT2D eigenvalue weighted by Gasteiger charge is 2.35. The molecule has 4 aromatic carbocycles. The van der Waals surface area contributed by atoms with Gasteiger partial charge < -0.3 is 24.4 Å². The number of rotatable bonds is 16. The number of nitrogens with zero attached hydrogens (tertiary/aromatic N) is 2. The molecule has 0 aliphatic heterocycles. The zero-order valence-electron chi connectivity index (χ0n) is 28.3. The molecule has 0 bridgehead atoms. The monoisotopic (exact) mass is 707 g/mol. The Morgan fingerprint density at radius 3 is 2.10 bits per heavy atom.